The molecule has 0 atom stereocenters. The summed E-state index contributed by atoms with van der Waals surface area (Å²) < 4.78 is 1.64. The number of anilines is 2. The van der Waals surface area contributed by atoms with Crippen LogP contribution in [0.1, 0.15) is 31.8 Å². The van der Waals surface area contributed by atoms with E-state index in [4.69, 9.17) is 0 Å². The number of nitrogens with zero attached hydrogens (tertiary/aromatic N) is 1. The molecule has 0 aliphatic carbocycles. The topological polar surface area (TPSA) is 100 Å². The summed E-state index contributed by atoms with van der Waals surface area (Å²) in [6.45, 7) is 2.34. The van der Waals surface area contributed by atoms with E-state index >= 15 is 0 Å². The molecule has 0 saturated heterocycles. The number of aryl methyl sites for hydroxylation is 1. The van der Waals surface area contributed by atoms with Crippen molar-refractivity contribution in [1.29, 1.82) is 0 Å². The molecule has 5 rings (SSSR count). The van der Waals surface area contributed by atoms with E-state index in [0.29, 0.717) is 17.8 Å². The molecule has 9 heteroatoms. The van der Waals surface area contributed by atoms with Gasteiger partial charge in [0, 0.05) is 17.9 Å². The second-order valence-corrected chi connectivity index (χ2v) is 11.3. The van der Waals surface area contributed by atoms with E-state index in [1.54, 1.807) is 30.3 Å². The minimum Gasteiger partial charge on any atom is -0.348 e. The normalized spacial score (nSPS) is 10.7. The van der Waals surface area contributed by atoms with E-state index in [1.165, 1.54) is 23.1 Å². The van der Waals surface area contributed by atoms with Crippen molar-refractivity contribution >= 4 is 62.4 Å². The van der Waals surface area contributed by atoms with Gasteiger partial charge in [0.05, 0.1) is 27.1 Å². The number of benzene rings is 4. The molecule has 5 aromatic rings. The third kappa shape index (κ3) is 6.93. The van der Waals surface area contributed by atoms with Gasteiger partial charge >= 0.3 is 0 Å². The summed E-state index contributed by atoms with van der Waals surface area (Å²) in [5.41, 5.74) is 4.78. The van der Waals surface area contributed by atoms with Crippen molar-refractivity contribution in [3.05, 3.63) is 119 Å². The molecule has 3 N–H and O–H groups in total. The van der Waals surface area contributed by atoms with Gasteiger partial charge in [-0.25, -0.2) is 4.98 Å². The van der Waals surface area contributed by atoms with Crippen molar-refractivity contribution in [2.45, 2.75) is 17.8 Å². The van der Waals surface area contributed by atoms with Crippen LogP contribution in [0.25, 0.3) is 10.2 Å². The van der Waals surface area contributed by atoms with Crippen LogP contribution in [0.3, 0.4) is 0 Å². The maximum atomic E-state index is 13.2. The lowest BCUT2D eigenvalue weighted by Crippen LogP contribution is -2.26. The molecule has 1 heterocycles. The van der Waals surface area contributed by atoms with Gasteiger partial charge in [0.1, 0.15) is 0 Å². The molecular weight excluding hydrogens is 541 g/mol. The fourth-order valence-corrected chi connectivity index (χ4v) is 5.95. The van der Waals surface area contributed by atoms with Crippen LogP contribution in [0.4, 0.5) is 11.4 Å². The Balaban J connectivity index is 1.21. The smallest absolute Gasteiger partial charge is 0.256 e. The molecule has 1 aromatic heterocycles. The van der Waals surface area contributed by atoms with E-state index in [9.17, 15) is 14.4 Å². The molecule has 0 bridgehead atoms. The highest BCUT2D eigenvalue weighted by molar-refractivity contribution is 8.01. The van der Waals surface area contributed by atoms with Crippen LogP contribution >= 0.6 is 23.1 Å². The van der Waals surface area contributed by atoms with Gasteiger partial charge in [-0.2, -0.15) is 0 Å². The van der Waals surface area contributed by atoms with Crippen molar-refractivity contribution in [1.82, 2.24) is 10.3 Å². The zero-order chi connectivity index (χ0) is 27.9. The van der Waals surface area contributed by atoms with E-state index in [1.807, 2.05) is 73.7 Å². The number of amides is 3. The van der Waals surface area contributed by atoms with Gasteiger partial charge in [-0.15, -0.1) is 11.3 Å². The summed E-state index contributed by atoms with van der Waals surface area (Å²) in [5.74, 6) is -0.563. The Morgan fingerprint density at radius 2 is 1.50 bits per heavy atom. The Hall–Kier alpha value is -4.47. The number of rotatable bonds is 9. The summed E-state index contributed by atoms with van der Waals surface area (Å²) in [6, 6.07) is 29.4. The predicted octanol–water partition coefficient (Wildman–Crippen LogP) is 6.52. The zero-order valence-corrected chi connectivity index (χ0v) is 23.3. The fourth-order valence-electron chi connectivity index (χ4n) is 4.04. The minimum atomic E-state index is -0.378. The zero-order valence-electron chi connectivity index (χ0n) is 21.6. The molecule has 0 fully saturated rings. The highest BCUT2D eigenvalue weighted by Crippen LogP contribution is 2.31. The van der Waals surface area contributed by atoms with Crippen molar-refractivity contribution in [3.63, 3.8) is 0 Å². The molecule has 4 aromatic carbocycles. The molecule has 40 heavy (non-hydrogen) atoms. The lowest BCUT2D eigenvalue weighted by molar-refractivity contribution is -0.113. The van der Waals surface area contributed by atoms with E-state index in [0.717, 1.165) is 31.4 Å². The van der Waals surface area contributed by atoms with Crippen LogP contribution in [0.2, 0.25) is 0 Å². The Morgan fingerprint density at radius 1 is 0.775 bits per heavy atom. The van der Waals surface area contributed by atoms with Crippen molar-refractivity contribution < 1.29 is 14.4 Å². The van der Waals surface area contributed by atoms with Crippen molar-refractivity contribution in [2.24, 2.45) is 0 Å². The fraction of sp³-hybridized carbons (Fsp3) is 0.0968. The first-order valence-corrected chi connectivity index (χ1v) is 14.4. The van der Waals surface area contributed by atoms with Gasteiger partial charge in [-0.05, 0) is 60.5 Å². The maximum absolute atomic E-state index is 13.2. The van der Waals surface area contributed by atoms with Crippen LogP contribution < -0.4 is 16.0 Å². The first kappa shape index (κ1) is 27.1. The Bertz CT molecular complexity index is 1680. The largest absolute Gasteiger partial charge is 0.348 e. The molecule has 3 amide bonds. The van der Waals surface area contributed by atoms with E-state index < -0.39 is 0 Å². The van der Waals surface area contributed by atoms with Crippen LogP contribution in [0.5, 0.6) is 0 Å². The van der Waals surface area contributed by atoms with Crippen LogP contribution in [-0.2, 0) is 11.3 Å². The number of hydrogen-bond acceptors (Lipinski definition) is 6. The third-order valence-electron chi connectivity index (χ3n) is 5.97. The number of thiazole rings is 1. The molecule has 0 saturated carbocycles. The van der Waals surface area contributed by atoms with Crippen LogP contribution in [0.15, 0.2) is 101 Å². The van der Waals surface area contributed by atoms with Gasteiger partial charge < -0.3 is 16.0 Å². The second-order valence-electron chi connectivity index (χ2n) is 9.04. The number of fused-ring (bicyclic) bond motifs is 1. The summed E-state index contributed by atoms with van der Waals surface area (Å²) in [5, 5.41) is 8.68. The molecule has 200 valence electrons. The van der Waals surface area contributed by atoms with E-state index in [-0.39, 0.29) is 29.0 Å². The lowest BCUT2D eigenvalue weighted by atomic mass is 10.1. The van der Waals surface area contributed by atoms with E-state index in [2.05, 4.69) is 20.9 Å². The van der Waals surface area contributed by atoms with Gasteiger partial charge in [0.15, 0.2) is 4.34 Å². The SMILES string of the molecule is Cc1cccc(NC(=O)CSc2nc3ccc(NC(=O)c4ccccc4C(=O)NCc4ccccc4)cc3s2)c1. The van der Waals surface area contributed by atoms with Gasteiger partial charge in [0.2, 0.25) is 5.91 Å². The van der Waals surface area contributed by atoms with Gasteiger partial charge in [-0.1, -0.05) is 66.4 Å². The number of hydrogen-bond donors (Lipinski definition) is 3. The first-order valence-electron chi connectivity index (χ1n) is 12.6. The molecule has 0 aliphatic heterocycles. The van der Waals surface area contributed by atoms with Crippen LogP contribution in [0, 0.1) is 6.92 Å². The molecule has 0 unspecified atom stereocenters. The van der Waals surface area contributed by atoms with Crippen LogP contribution in [-0.4, -0.2) is 28.5 Å². The molecular formula is C31H26N4O3S2. The van der Waals surface area contributed by atoms with Gasteiger partial charge in [-0.3, -0.25) is 14.4 Å². The van der Waals surface area contributed by atoms with Gasteiger partial charge in [0.25, 0.3) is 11.8 Å². The molecule has 0 aliphatic rings. The van der Waals surface area contributed by atoms with Crippen molar-refractivity contribution in [3.8, 4) is 0 Å². The summed E-state index contributed by atoms with van der Waals surface area (Å²) >= 11 is 2.82. The Morgan fingerprint density at radius 3 is 2.27 bits per heavy atom. The highest BCUT2D eigenvalue weighted by atomic mass is 32.2. The number of thioether (sulfide) groups is 1. The van der Waals surface area contributed by atoms with Crippen molar-refractivity contribution in [2.75, 3.05) is 16.4 Å². The third-order valence-corrected chi connectivity index (χ3v) is 8.13. The maximum Gasteiger partial charge on any atom is 0.256 e. The molecule has 0 radical (unpaired) electrons. The second kappa shape index (κ2) is 12.6. The average molecular weight is 567 g/mol. The average Bonchev–Trinajstić information content (AvgIpc) is 3.38. The summed E-state index contributed by atoms with van der Waals surface area (Å²) in [4.78, 5) is 43.0. The molecule has 0 spiro atoms. The predicted molar refractivity (Wildman–Crippen MR) is 162 cm³/mol. The quantitative estimate of drug-likeness (QED) is 0.177. The number of aromatic nitrogens is 1. The minimum absolute atomic E-state index is 0.103. The number of carbonyl (C=O) groups is 3. The number of nitrogens with one attached hydrogen (secondary N) is 3. The summed E-state index contributed by atoms with van der Waals surface area (Å²) in [6.07, 6.45) is 0. The standard InChI is InChI=1S/C31H26N4O3S2/c1-20-8-7-11-22(16-20)33-28(36)19-39-31-35-26-15-14-23(17-27(26)40-31)34-30(38)25-13-6-5-12-24(25)29(37)32-18-21-9-3-2-4-10-21/h2-17H,18-19H2,1H3,(H,32,37)(H,33,36)(H,34,38). The highest BCUT2D eigenvalue weighted by Gasteiger charge is 2.17. The number of carbonyl (C=O) groups excluding carboxylic acids is 3. The molecule has 7 nitrogen and oxygen atoms in total. The first-order chi connectivity index (χ1) is 19.4. The Kier molecular flexibility index (Phi) is 8.53. The Labute approximate surface area is 240 Å². The lowest BCUT2D eigenvalue weighted by Gasteiger charge is -2.11. The monoisotopic (exact) mass is 566 g/mol. The summed E-state index contributed by atoms with van der Waals surface area (Å²) in [7, 11) is 0.